The van der Waals surface area contributed by atoms with Crippen LogP contribution in [0.1, 0.15) is 33.1 Å². The number of aliphatic hydroxyl groups is 2. The van der Waals surface area contributed by atoms with E-state index >= 15 is 0 Å². The molecule has 90 valence electrons. The molecule has 0 aliphatic heterocycles. The van der Waals surface area contributed by atoms with Crippen molar-refractivity contribution in [2.45, 2.75) is 50.5 Å². The zero-order valence-electron chi connectivity index (χ0n) is 9.65. The summed E-state index contributed by atoms with van der Waals surface area (Å²) in [5.41, 5.74) is 6.44. The second-order valence-electron chi connectivity index (χ2n) is 5.28. The van der Waals surface area contributed by atoms with Crippen LogP contribution in [0.5, 0.6) is 0 Å². The molecule has 3 atom stereocenters. The Bertz CT molecular complexity index is 199. The van der Waals surface area contributed by atoms with Crippen molar-refractivity contribution in [2.75, 3.05) is 12.4 Å². The Balaban J connectivity index is 2.38. The van der Waals surface area contributed by atoms with E-state index in [4.69, 9.17) is 10.8 Å². The largest absolute Gasteiger partial charge is 0.394 e. The molecule has 3 nitrogen and oxygen atoms in total. The molecule has 0 saturated heterocycles. The smallest absolute Gasteiger partial charge is 0.0861 e. The van der Waals surface area contributed by atoms with Gasteiger partial charge in [-0.15, -0.1) is 0 Å². The maximum atomic E-state index is 9.29. The summed E-state index contributed by atoms with van der Waals surface area (Å²) in [7, 11) is 0. The van der Waals surface area contributed by atoms with Crippen molar-refractivity contribution in [3.05, 3.63) is 0 Å². The normalized spacial score (nSPS) is 32.6. The van der Waals surface area contributed by atoms with Crippen LogP contribution in [0.15, 0.2) is 0 Å². The van der Waals surface area contributed by atoms with Gasteiger partial charge in [0.1, 0.15) is 0 Å². The highest BCUT2D eigenvalue weighted by Gasteiger charge is 2.33. The van der Waals surface area contributed by atoms with E-state index in [0.717, 1.165) is 12.8 Å². The van der Waals surface area contributed by atoms with Crippen LogP contribution < -0.4 is 5.73 Å². The van der Waals surface area contributed by atoms with E-state index in [1.54, 1.807) is 11.8 Å². The molecule has 15 heavy (non-hydrogen) atoms. The molecule has 0 bridgehead atoms. The fraction of sp³-hybridized carbons (Fsp3) is 1.00. The predicted molar refractivity (Wildman–Crippen MR) is 64.9 cm³/mol. The number of rotatable bonds is 4. The summed E-state index contributed by atoms with van der Waals surface area (Å²) in [5.74, 6) is 0.588. The van der Waals surface area contributed by atoms with Crippen molar-refractivity contribution in [3.8, 4) is 0 Å². The average molecular weight is 233 g/mol. The van der Waals surface area contributed by atoms with Gasteiger partial charge in [-0.2, -0.15) is 11.8 Å². The lowest BCUT2D eigenvalue weighted by molar-refractivity contribution is 0.113. The second kappa shape index (κ2) is 5.53. The van der Waals surface area contributed by atoms with Gasteiger partial charge in [-0.25, -0.2) is 0 Å². The molecule has 0 aromatic heterocycles. The summed E-state index contributed by atoms with van der Waals surface area (Å²) in [6.07, 6.45) is 2.76. The molecular formula is C11H23NO2S. The maximum Gasteiger partial charge on any atom is 0.0861 e. The SMILES string of the molecule is CC1(C)CCC(N)C(SCC(O)CO)C1. The number of thioether (sulfide) groups is 1. The van der Waals surface area contributed by atoms with Gasteiger partial charge in [0.25, 0.3) is 0 Å². The predicted octanol–water partition coefficient (Wildman–Crippen LogP) is 0.979. The first-order chi connectivity index (χ1) is 6.94. The van der Waals surface area contributed by atoms with Crippen LogP contribution in [0.25, 0.3) is 0 Å². The highest BCUT2D eigenvalue weighted by Crippen LogP contribution is 2.39. The van der Waals surface area contributed by atoms with Gasteiger partial charge in [0.05, 0.1) is 12.7 Å². The molecule has 0 aromatic carbocycles. The topological polar surface area (TPSA) is 66.5 Å². The van der Waals surface area contributed by atoms with Crippen molar-refractivity contribution in [1.29, 1.82) is 0 Å². The van der Waals surface area contributed by atoms with Crippen molar-refractivity contribution in [1.82, 2.24) is 0 Å². The quantitative estimate of drug-likeness (QED) is 0.677. The molecule has 1 saturated carbocycles. The standard InChI is InChI=1S/C11H23NO2S/c1-11(2)4-3-9(12)10(5-11)15-7-8(14)6-13/h8-10,13-14H,3-7,12H2,1-2H3. The van der Waals surface area contributed by atoms with Crippen molar-refractivity contribution in [2.24, 2.45) is 11.1 Å². The van der Waals surface area contributed by atoms with Crippen molar-refractivity contribution >= 4 is 11.8 Å². The molecule has 1 aliphatic carbocycles. The van der Waals surface area contributed by atoms with Gasteiger partial charge in [-0.1, -0.05) is 13.8 Å². The Morgan fingerprint density at radius 2 is 2.20 bits per heavy atom. The first-order valence-corrected chi connectivity index (χ1v) is 6.65. The average Bonchev–Trinajstić information content (AvgIpc) is 2.19. The Kier molecular flexibility index (Phi) is 4.90. The molecule has 1 aliphatic rings. The first-order valence-electron chi connectivity index (χ1n) is 5.61. The highest BCUT2D eigenvalue weighted by atomic mass is 32.2. The molecule has 0 aromatic rings. The molecule has 4 heteroatoms. The van der Waals surface area contributed by atoms with Gasteiger partial charge in [0.15, 0.2) is 0 Å². The minimum absolute atomic E-state index is 0.154. The lowest BCUT2D eigenvalue weighted by Crippen LogP contribution is -2.41. The third-order valence-electron chi connectivity index (χ3n) is 3.10. The number of aliphatic hydroxyl groups excluding tert-OH is 2. The van der Waals surface area contributed by atoms with Gasteiger partial charge in [0, 0.05) is 17.0 Å². The van der Waals surface area contributed by atoms with E-state index in [1.807, 2.05) is 0 Å². The fourth-order valence-corrected chi connectivity index (χ4v) is 3.54. The van der Waals surface area contributed by atoms with Gasteiger partial charge in [-0.05, 0) is 24.7 Å². The third kappa shape index (κ3) is 4.31. The highest BCUT2D eigenvalue weighted by molar-refractivity contribution is 8.00. The van der Waals surface area contributed by atoms with E-state index in [0.29, 0.717) is 16.4 Å². The van der Waals surface area contributed by atoms with E-state index in [9.17, 15) is 5.11 Å². The van der Waals surface area contributed by atoms with Crippen LogP contribution in [0.3, 0.4) is 0 Å². The third-order valence-corrected chi connectivity index (χ3v) is 4.62. The van der Waals surface area contributed by atoms with Crippen molar-refractivity contribution in [3.63, 3.8) is 0 Å². The molecular weight excluding hydrogens is 210 g/mol. The van der Waals surface area contributed by atoms with Gasteiger partial charge >= 0.3 is 0 Å². The monoisotopic (exact) mass is 233 g/mol. The zero-order chi connectivity index (χ0) is 11.5. The lowest BCUT2D eigenvalue weighted by atomic mass is 9.75. The summed E-state index contributed by atoms with van der Waals surface area (Å²) in [6.45, 7) is 4.39. The van der Waals surface area contributed by atoms with E-state index in [1.165, 1.54) is 6.42 Å². The fourth-order valence-electron chi connectivity index (χ4n) is 2.01. The Hall–Kier alpha value is 0.230. The van der Waals surface area contributed by atoms with Crippen LogP contribution in [0.4, 0.5) is 0 Å². The van der Waals surface area contributed by atoms with Gasteiger partial charge < -0.3 is 15.9 Å². The Morgan fingerprint density at radius 3 is 2.80 bits per heavy atom. The van der Waals surface area contributed by atoms with Gasteiger partial charge in [-0.3, -0.25) is 0 Å². The molecule has 0 radical (unpaired) electrons. The molecule has 1 fully saturated rings. The minimum atomic E-state index is -0.604. The Morgan fingerprint density at radius 1 is 1.53 bits per heavy atom. The van der Waals surface area contributed by atoms with E-state index < -0.39 is 6.10 Å². The molecule has 1 rings (SSSR count). The van der Waals surface area contributed by atoms with Crippen LogP contribution >= 0.6 is 11.8 Å². The maximum absolute atomic E-state index is 9.29. The summed E-state index contributed by atoms with van der Waals surface area (Å²) in [5, 5.41) is 18.5. The van der Waals surface area contributed by atoms with Crippen LogP contribution in [-0.4, -0.2) is 40.0 Å². The molecule has 0 heterocycles. The zero-order valence-corrected chi connectivity index (χ0v) is 10.5. The first kappa shape index (κ1) is 13.3. The number of hydrogen-bond acceptors (Lipinski definition) is 4. The van der Waals surface area contributed by atoms with Crippen LogP contribution in [0.2, 0.25) is 0 Å². The number of nitrogens with two attached hydrogens (primary N) is 1. The number of hydrogen-bond donors (Lipinski definition) is 3. The summed E-state index contributed by atoms with van der Waals surface area (Å²) in [4.78, 5) is 0. The lowest BCUT2D eigenvalue weighted by Gasteiger charge is -2.39. The van der Waals surface area contributed by atoms with Crippen LogP contribution in [0, 0.1) is 5.41 Å². The van der Waals surface area contributed by atoms with E-state index in [2.05, 4.69) is 13.8 Å². The molecule has 0 amide bonds. The molecule has 0 spiro atoms. The minimum Gasteiger partial charge on any atom is -0.394 e. The summed E-state index contributed by atoms with van der Waals surface area (Å²) >= 11 is 1.71. The van der Waals surface area contributed by atoms with Crippen molar-refractivity contribution < 1.29 is 10.2 Å². The second-order valence-corrected chi connectivity index (χ2v) is 6.55. The molecule has 4 N–H and O–H groups in total. The van der Waals surface area contributed by atoms with E-state index in [-0.39, 0.29) is 12.6 Å². The summed E-state index contributed by atoms with van der Waals surface area (Å²) < 4.78 is 0. The Labute approximate surface area is 96.4 Å². The van der Waals surface area contributed by atoms with Crippen LogP contribution in [-0.2, 0) is 0 Å². The van der Waals surface area contributed by atoms with Gasteiger partial charge in [0.2, 0.25) is 0 Å². The molecule has 3 unspecified atom stereocenters. The summed E-state index contributed by atoms with van der Waals surface area (Å²) in [6, 6.07) is 0.244.